The number of thiocarbonyl (C=S) groups is 1. The van der Waals surface area contributed by atoms with Gasteiger partial charge >= 0.3 is 0 Å². The van der Waals surface area contributed by atoms with Gasteiger partial charge in [0.25, 0.3) is 0 Å². The molecule has 0 amide bonds. The zero-order chi connectivity index (χ0) is 15.5. The zero-order valence-corrected chi connectivity index (χ0v) is 13.9. The van der Waals surface area contributed by atoms with Gasteiger partial charge in [0, 0.05) is 13.1 Å². The van der Waals surface area contributed by atoms with E-state index in [0.717, 1.165) is 19.3 Å². The molecule has 4 nitrogen and oxygen atoms in total. The van der Waals surface area contributed by atoms with Gasteiger partial charge in [0.15, 0.2) is 0 Å². The summed E-state index contributed by atoms with van der Waals surface area (Å²) in [5, 5.41) is -0.779. The summed E-state index contributed by atoms with van der Waals surface area (Å²) in [5.74, 6) is 0.541. The second-order valence-corrected chi connectivity index (χ2v) is 8.35. The van der Waals surface area contributed by atoms with Crippen molar-refractivity contribution in [3.8, 4) is 0 Å². The van der Waals surface area contributed by atoms with Crippen LogP contribution in [0.15, 0.2) is 30.3 Å². The van der Waals surface area contributed by atoms with E-state index in [2.05, 4.69) is 12.1 Å². The lowest BCUT2D eigenvalue weighted by molar-refractivity contribution is 0.272. The van der Waals surface area contributed by atoms with Crippen LogP contribution in [-0.2, 0) is 16.4 Å². The number of hydrogen-bond acceptors (Lipinski definition) is 3. The molecule has 1 saturated heterocycles. The lowest BCUT2D eigenvalue weighted by Crippen LogP contribution is -2.46. The Morgan fingerprint density at radius 3 is 2.43 bits per heavy atom. The van der Waals surface area contributed by atoms with E-state index in [-0.39, 0.29) is 4.99 Å². The van der Waals surface area contributed by atoms with E-state index in [1.165, 1.54) is 5.56 Å². The van der Waals surface area contributed by atoms with Crippen molar-refractivity contribution in [2.75, 3.05) is 13.1 Å². The average Bonchev–Trinajstić information content (AvgIpc) is 2.48. The minimum absolute atomic E-state index is 0.0430. The van der Waals surface area contributed by atoms with Gasteiger partial charge in [-0.1, -0.05) is 42.5 Å². The van der Waals surface area contributed by atoms with Crippen molar-refractivity contribution in [3.05, 3.63) is 35.9 Å². The number of sulfonamides is 1. The summed E-state index contributed by atoms with van der Waals surface area (Å²) >= 11 is 4.82. The van der Waals surface area contributed by atoms with Crippen molar-refractivity contribution in [3.63, 3.8) is 0 Å². The highest BCUT2D eigenvalue weighted by molar-refractivity contribution is 7.92. The summed E-state index contributed by atoms with van der Waals surface area (Å²) in [6.07, 6.45) is 2.79. The molecule has 0 aliphatic carbocycles. The van der Waals surface area contributed by atoms with Gasteiger partial charge in [-0.3, -0.25) is 0 Å². The van der Waals surface area contributed by atoms with E-state index in [1.807, 2.05) is 18.2 Å². The van der Waals surface area contributed by atoms with Gasteiger partial charge in [0.2, 0.25) is 10.0 Å². The van der Waals surface area contributed by atoms with Crippen LogP contribution in [0.25, 0.3) is 0 Å². The molecular formula is C15H22N2O2S2. The molecule has 1 atom stereocenters. The van der Waals surface area contributed by atoms with Gasteiger partial charge in [-0.25, -0.2) is 12.7 Å². The van der Waals surface area contributed by atoms with E-state index in [1.54, 1.807) is 11.2 Å². The quantitative estimate of drug-likeness (QED) is 0.840. The molecule has 0 saturated carbocycles. The highest BCUT2D eigenvalue weighted by atomic mass is 32.2. The van der Waals surface area contributed by atoms with Crippen molar-refractivity contribution in [2.45, 2.75) is 31.4 Å². The Bertz CT molecular complexity index is 579. The number of benzene rings is 1. The fourth-order valence-electron chi connectivity index (χ4n) is 2.69. The predicted octanol–water partition coefficient (Wildman–Crippen LogP) is 1.95. The molecule has 2 N–H and O–H groups in total. The highest BCUT2D eigenvalue weighted by Gasteiger charge is 2.33. The van der Waals surface area contributed by atoms with E-state index in [4.69, 9.17) is 18.0 Å². The van der Waals surface area contributed by atoms with Gasteiger partial charge < -0.3 is 5.73 Å². The number of rotatable bonds is 5. The molecule has 0 aromatic heterocycles. The summed E-state index contributed by atoms with van der Waals surface area (Å²) in [6.45, 7) is 2.69. The van der Waals surface area contributed by atoms with Gasteiger partial charge in [0.05, 0.1) is 4.99 Å². The Hall–Kier alpha value is -0.980. The van der Waals surface area contributed by atoms with Crippen LogP contribution >= 0.6 is 12.2 Å². The third-order valence-corrected chi connectivity index (χ3v) is 6.88. The third kappa shape index (κ3) is 4.02. The number of piperidine rings is 1. The highest BCUT2D eigenvalue weighted by Crippen LogP contribution is 2.24. The number of nitrogens with zero attached hydrogens (tertiary/aromatic N) is 1. The van der Waals surface area contributed by atoms with Crippen LogP contribution in [0.5, 0.6) is 0 Å². The van der Waals surface area contributed by atoms with Crippen LogP contribution < -0.4 is 5.73 Å². The van der Waals surface area contributed by atoms with E-state index < -0.39 is 15.3 Å². The van der Waals surface area contributed by atoms with Gasteiger partial charge in [-0.05, 0) is 37.7 Å². The maximum absolute atomic E-state index is 12.4. The first-order chi connectivity index (χ1) is 9.91. The molecule has 1 aliphatic rings. The van der Waals surface area contributed by atoms with Crippen LogP contribution in [0.3, 0.4) is 0 Å². The largest absolute Gasteiger partial charge is 0.392 e. The maximum atomic E-state index is 12.4. The minimum Gasteiger partial charge on any atom is -0.392 e. The molecule has 1 fully saturated rings. The van der Waals surface area contributed by atoms with Crippen molar-refractivity contribution in [1.82, 2.24) is 4.31 Å². The second-order valence-electron chi connectivity index (χ2n) is 5.62. The fourth-order valence-corrected chi connectivity index (χ4v) is 4.51. The maximum Gasteiger partial charge on any atom is 0.223 e. The Morgan fingerprint density at radius 2 is 1.90 bits per heavy atom. The standard InChI is InChI=1S/C15H22N2O2S2/c1-12(15(16)20)21(18,19)17-9-7-14(8-10-17)11-13-5-3-2-4-6-13/h2-6,12,14H,7-11H2,1H3,(H2,16,20). The summed E-state index contributed by atoms with van der Waals surface area (Å²) in [6, 6.07) is 10.3. The average molecular weight is 326 g/mol. The van der Waals surface area contributed by atoms with Gasteiger partial charge in [-0.15, -0.1) is 0 Å². The number of hydrogen-bond donors (Lipinski definition) is 1. The van der Waals surface area contributed by atoms with Crippen LogP contribution in [0.1, 0.15) is 25.3 Å². The summed E-state index contributed by atoms with van der Waals surface area (Å²) in [7, 11) is -3.39. The van der Waals surface area contributed by atoms with E-state index in [9.17, 15) is 8.42 Å². The molecule has 116 valence electrons. The van der Waals surface area contributed by atoms with Crippen molar-refractivity contribution >= 4 is 27.2 Å². The molecule has 0 bridgehead atoms. The predicted molar refractivity (Wildman–Crippen MR) is 89.6 cm³/mol. The van der Waals surface area contributed by atoms with Crippen molar-refractivity contribution < 1.29 is 8.42 Å². The second kappa shape index (κ2) is 6.85. The molecular weight excluding hydrogens is 304 g/mol. The van der Waals surface area contributed by atoms with Gasteiger partial charge in [0.1, 0.15) is 5.25 Å². The van der Waals surface area contributed by atoms with E-state index >= 15 is 0 Å². The number of nitrogens with two attached hydrogens (primary N) is 1. The molecule has 2 rings (SSSR count). The van der Waals surface area contributed by atoms with Crippen LogP contribution in [0.4, 0.5) is 0 Å². The summed E-state index contributed by atoms with van der Waals surface area (Å²) in [5.41, 5.74) is 6.80. The Labute approximate surface area is 132 Å². The van der Waals surface area contributed by atoms with E-state index in [0.29, 0.717) is 19.0 Å². The van der Waals surface area contributed by atoms with Crippen LogP contribution in [0.2, 0.25) is 0 Å². The third-order valence-electron chi connectivity index (χ3n) is 4.15. The summed E-state index contributed by atoms with van der Waals surface area (Å²) < 4.78 is 26.2. The SMILES string of the molecule is CC(C(N)=S)S(=O)(=O)N1CCC(Cc2ccccc2)CC1. The normalized spacial score (nSPS) is 19.3. The zero-order valence-electron chi connectivity index (χ0n) is 12.2. The van der Waals surface area contributed by atoms with Crippen molar-refractivity contribution in [2.24, 2.45) is 11.7 Å². The molecule has 21 heavy (non-hydrogen) atoms. The molecule has 1 aliphatic heterocycles. The van der Waals surface area contributed by atoms with Gasteiger partial charge in [-0.2, -0.15) is 0 Å². The lowest BCUT2D eigenvalue weighted by atomic mass is 9.91. The monoisotopic (exact) mass is 326 g/mol. The first kappa shape index (κ1) is 16.4. The molecule has 1 aromatic rings. The molecule has 1 aromatic carbocycles. The summed E-state index contributed by atoms with van der Waals surface area (Å²) in [4.78, 5) is 0.0430. The molecule has 6 heteroatoms. The Morgan fingerprint density at radius 1 is 1.33 bits per heavy atom. The van der Waals surface area contributed by atoms with Crippen molar-refractivity contribution in [1.29, 1.82) is 0 Å². The molecule has 1 heterocycles. The smallest absolute Gasteiger partial charge is 0.223 e. The first-order valence-electron chi connectivity index (χ1n) is 7.23. The Kier molecular flexibility index (Phi) is 5.35. The Balaban J connectivity index is 1.93. The first-order valence-corrected chi connectivity index (χ1v) is 9.14. The minimum atomic E-state index is -3.39. The molecule has 0 radical (unpaired) electrons. The topological polar surface area (TPSA) is 63.4 Å². The molecule has 1 unspecified atom stereocenters. The van der Waals surface area contributed by atoms with Crippen LogP contribution in [0, 0.1) is 5.92 Å². The lowest BCUT2D eigenvalue weighted by Gasteiger charge is -2.32. The fraction of sp³-hybridized carbons (Fsp3) is 0.533. The molecule has 0 spiro atoms. The van der Waals surface area contributed by atoms with Crippen LogP contribution in [-0.4, -0.2) is 36.1 Å².